The minimum absolute atomic E-state index is 0.0336. The van der Waals surface area contributed by atoms with Crippen molar-refractivity contribution in [3.63, 3.8) is 0 Å². The molecule has 1 saturated heterocycles. The number of ether oxygens (including phenoxy) is 1. The molecule has 4 heteroatoms. The number of hydrogen-bond donors (Lipinski definition) is 1. The summed E-state index contributed by atoms with van der Waals surface area (Å²) in [5, 5.41) is 2.98. The molecule has 0 aromatic heterocycles. The Morgan fingerprint density at radius 1 is 1.50 bits per heavy atom. The van der Waals surface area contributed by atoms with Crippen molar-refractivity contribution in [2.24, 2.45) is 0 Å². The van der Waals surface area contributed by atoms with Crippen LogP contribution in [0.5, 0.6) is 0 Å². The third kappa shape index (κ3) is 3.23. The Balaban J connectivity index is 1.89. The van der Waals surface area contributed by atoms with Gasteiger partial charge in [0.1, 0.15) is 0 Å². The molecular weight excluding hydrogens is 228 g/mol. The zero-order chi connectivity index (χ0) is 13.0. The van der Waals surface area contributed by atoms with Crippen molar-refractivity contribution in [1.82, 2.24) is 10.2 Å². The fourth-order valence-corrected chi connectivity index (χ4v) is 2.05. The highest BCUT2D eigenvalue weighted by molar-refractivity contribution is 5.74. The molecule has 1 aromatic rings. The van der Waals surface area contributed by atoms with E-state index in [9.17, 15) is 4.79 Å². The molecule has 1 fully saturated rings. The second kappa shape index (κ2) is 5.87. The van der Waals surface area contributed by atoms with Crippen molar-refractivity contribution in [1.29, 1.82) is 0 Å². The van der Waals surface area contributed by atoms with E-state index in [1.165, 1.54) is 11.1 Å². The van der Waals surface area contributed by atoms with E-state index in [1.54, 1.807) is 4.90 Å². The molecule has 0 spiro atoms. The number of hydrogen-bond acceptors (Lipinski definition) is 2. The van der Waals surface area contributed by atoms with Crippen molar-refractivity contribution < 1.29 is 9.53 Å². The van der Waals surface area contributed by atoms with Gasteiger partial charge in [0.05, 0.1) is 12.6 Å². The van der Waals surface area contributed by atoms with Crippen LogP contribution in [0.1, 0.15) is 17.5 Å². The number of rotatable bonds is 3. The van der Waals surface area contributed by atoms with Gasteiger partial charge in [0, 0.05) is 20.2 Å². The molecule has 1 atom stereocenters. The molecule has 1 aliphatic rings. The maximum Gasteiger partial charge on any atom is 0.317 e. The standard InChI is InChI=1S/C14H20N2O2/c1-11-5-3-4-6-12(11)9-16(2)14(17)15-13-7-8-18-10-13/h3-6,13H,7-10H2,1-2H3,(H,15,17). The molecule has 1 heterocycles. The lowest BCUT2D eigenvalue weighted by Crippen LogP contribution is -2.43. The van der Waals surface area contributed by atoms with E-state index in [0.717, 1.165) is 13.0 Å². The van der Waals surface area contributed by atoms with Gasteiger partial charge in [0.25, 0.3) is 0 Å². The molecule has 0 radical (unpaired) electrons. The first kappa shape index (κ1) is 12.9. The van der Waals surface area contributed by atoms with E-state index in [-0.39, 0.29) is 12.1 Å². The first-order chi connectivity index (χ1) is 8.66. The Morgan fingerprint density at radius 2 is 2.28 bits per heavy atom. The second-order valence-corrected chi connectivity index (χ2v) is 4.79. The first-order valence-electron chi connectivity index (χ1n) is 6.30. The van der Waals surface area contributed by atoms with Gasteiger partial charge in [-0.1, -0.05) is 24.3 Å². The summed E-state index contributed by atoms with van der Waals surface area (Å²) in [5.74, 6) is 0. The lowest BCUT2D eigenvalue weighted by molar-refractivity contribution is 0.181. The fourth-order valence-electron chi connectivity index (χ4n) is 2.05. The van der Waals surface area contributed by atoms with Gasteiger partial charge in [-0.05, 0) is 24.5 Å². The predicted molar refractivity (Wildman–Crippen MR) is 70.4 cm³/mol. The Hall–Kier alpha value is -1.55. The minimum atomic E-state index is -0.0336. The van der Waals surface area contributed by atoms with Gasteiger partial charge < -0.3 is 15.0 Å². The van der Waals surface area contributed by atoms with Crippen molar-refractivity contribution in [2.45, 2.75) is 25.9 Å². The number of carbonyl (C=O) groups is 1. The number of carbonyl (C=O) groups excluding carboxylic acids is 1. The molecule has 0 saturated carbocycles. The number of aryl methyl sites for hydroxylation is 1. The largest absolute Gasteiger partial charge is 0.379 e. The van der Waals surface area contributed by atoms with E-state index in [4.69, 9.17) is 4.74 Å². The van der Waals surface area contributed by atoms with E-state index >= 15 is 0 Å². The van der Waals surface area contributed by atoms with Crippen LogP contribution in [0.25, 0.3) is 0 Å². The van der Waals surface area contributed by atoms with Gasteiger partial charge in [-0.2, -0.15) is 0 Å². The molecule has 2 rings (SSSR count). The number of nitrogens with one attached hydrogen (secondary N) is 1. The molecule has 1 aromatic carbocycles. The van der Waals surface area contributed by atoms with Gasteiger partial charge in [-0.15, -0.1) is 0 Å². The van der Waals surface area contributed by atoms with Gasteiger partial charge in [-0.3, -0.25) is 0 Å². The molecule has 18 heavy (non-hydrogen) atoms. The van der Waals surface area contributed by atoms with Crippen molar-refractivity contribution in [3.8, 4) is 0 Å². The Morgan fingerprint density at radius 3 is 2.94 bits per heavy atom. The van der Waals surface area contributed by atoms with Crippen LogP contribution in [0.2, 0.25) is 0 Å². The average molecular weight is 248 g/mol. The molecule has 0 aliphatic carbocycles. The maximum absolute atomic E-state index is 12.0. The highest BCUT2D eigenvalue weighted by Gasteiger charge is 2.19. The summed E-state index contributed by atoms with van der Waals surface area (Å²) in [6, 6.07) is 8.25. The van der Waals surface area contributed by atoms with Crippen LogP contribution in [0.15, 0.2) is 24.3 Å². The smallest absolute Gasteiger partial charge is 0.317 e. The zero-order valence-electron chi connectivity index (χ0n) is 11.0. The topological polar surface area (TPSA) is 41.6 Å². The van der Waals surface area contributed by atoms with Crippen molar-refractivity contribution in [2.75, 3.05) is 20.3 Å². The first-order valence-corrected chi connectivity index (χ1v) is 6.30. The zero-order valence-corrected chi connectivity index (χ0v) is 11.0. The lowest BCUT2D eigenvalue weighted by Gasteiger charge is -2.21. The van der Waals surface area contributed by atoms with Gasteiger partial charge >= 0.3 is 6.03 Å². The average Bonchev–Trinajstić information content (AvgIpc) is 2.84. The van der Waals surface area contributed by atoms with Crippen molar-refractivity contribution in [3.05, 3.63) is 35.4 Å². The predicted octanol–water partition coefficient (Wildman–Crippen LogP) is 1.93. The molecule has 98 valence electrons. The highest BCUT2D eigenvalue weighted by Crippen LogP contribution is 2.10. The number of nitrogens with zero attached hydrogens (tertiary/aromatic N) is 1. The Labute approximate surface area is 108 Å². The Bertz CT molecular complexity index is 414. The summed E-state index contributed by atoms with van der Waals surface area (Å²) in [4.78, 5) is 13.7. The van der Waals surface area contributed by atoms with Gasteiger partial charge in [-0.25, -0.2) is 4.79 Å². The summed E-state index contributed by atoms with van der Waals surface area (Å²) in [6.45, 7) is 4.06. The summed E-state index contributed by atoms with van der Waals surface area (Å²) in [7, 11) is 1.82. The number of benzene rings is 1. The molecule has 1 aliphatic heterocycles. The second-order valence-electron chi connectivity index (χ2n) is 4.79. The van der Waals surface area contributed by atoms with E-state index < -0.39 is 0 Å². The van der Waals surface area contributed by atoms with Gasteiger partial charge in [0.15, 0.2) is 0 Å². The van der Waals surface area contributed by atoms with Crippen LogP contribution in [0, 0.1) is 6.92 Å². The third-order valence-corrected chi connectivity index (χ3v) is 3.27. The number of amides is 2. The molecule has 1 N–H and O–H groups in total. The van der Waals surface area contributed by atoms with Crippen molar-refractivity contribution >= 4 is 6.03 Å². The third-order valence-electron chi connectivity index (χ3n) is 3.27. The maximum atomic E-state index is 12.0. The quantitative estimate of drug-likeness (QED) is 0.888. The van der Waals surface area contributed by atoms with Crippen LogP contribution in [-0.2, 0) is 11.3 Å². The summed E-state index contributed by atoms with van der Waals surface area (Å²) in [6.07, 6.45) is 0.907. The SMILES string of the molecule is Cc1ccccc1CN(C)C(=O)NC1CCOC1. The summed E-state index contributed by atoms with van der Waals surface area (Å²) in [5.41, 5.74) is 2.39. The molecule has 0 bridgehead atoms. The normalized spacial score (nSPS) is 18.7. The lowest BCUT2D eigenvalue weighted by atomic mass is 10.1. The van der Waals surface area contributed by atoms with Crippen LogP contribution >= 0.6 is 0 Å². The van der Waals surface area contributed by atoms with Gasteiger partial charge in [0.2, 0.25) is 0 Å². The van der Waals surface area contributed by atoms with Crippen LogP contribution in [0.3, 0.4) is 0 Å². The van der Waals surface area contributed by atoms with E-state index in [0.29, 0.717) is 13.2 Å². The fraction of sp³-hybridized carbons (Fsp3) is 0.500. The van der Waals surface area contributed by atoms with E-state index in [1.807, 2.05) is 19.2 Å². The Kier molecular flexibility index (Phi) is 4.20. The molecule has 1 unspecified atom stereocenters. The van der Waals surface area contributed by atoms with Crippen LogP contribution in [0.4, 0.5) is 4.79 Å². The monoisotopic (exact) mass is 248 g/mol. The minimum Gasteiger partial charge on any atom is -0.379 e. The summed E-state index contributed by atoms with van der Waals surface area (Å²) < 4.78 is 5.24. The van der Waals surface area contributed by atoms with Crippen LogP contribution < -0.4 is 5.32 Å². The molecular formula is C14H20N2O2. The molecule has 4 nitrogen and oxygen atoms in total. The number of urea groups is 1. The molecule has 2 amide bonds. The van der Waals surface area contributed by atoms with E-state index in [2.05, 4.69) is 24.4 Å². The summed E-state index contributed by atoms with van der Waals surface area (Å²) >= 11 is 0. The highest BCUT2D eigenvalue weighted by atomic mass is 16.5. The van der Waals surface area contributed by atoms with Crippen LogP contribution in [-0.4, -0.2) is 37.2 Å².